The SMILES string of the molecule is Cc1cc(Cl)cc(C(=O)Cc2cc(C)ccc2C)c1. The van der Waals surface area contributed by atoms with Crippen LogP contribution in [-0.4, -0.2) is 5.78 Å². The van der Waals surface area contributed by atoms with E-state index in [0.29, 0.717) is 17.0 Å². The van der Waals surface area contributed by atoms with E-state index in [1.807, 2.05) is 32.9 Å². The summed E-state index contributed by atoms with van der Waals surface area (Å²) in [6, 6.07) is 11.7. The lowest BCUT2D eigenvalue weighted by Crippen LogP contribution is -2.05. The van der Waals surface area contributed by atoms with Crippen LogP contribution in [0.2, 0.25) is 5.02 Å². The lowest BCUT2D eigenvalue weighted by molar-refractivity contribution is 0.0992. The summed E-state index contributed by atoms with van der Waals surface area (Å²) in [7, 11) is 0. The van der Waals surface area contributed by atoms with Crippen LogP contribution in [0.25, 0.3) is 0 Å². The Bertz CT molecular complexity index is 609. The average Bonchev–Trinajstić information content (AvgIpc) is 2.32. The summed E-state index contributed by atoms with van der Waals surface area (Å²) in [6.07, 6.45) is 0.424. The number of benzene rings is 2. The lowest BCUT2D eigenvalue weighted by Gasteiger charge is -2.07. The highest BCUT2D eigenvalue weighted by molar-refractivity contribution is 6.31. The topological polar surface area (TPSA) is 17.1 Å². The van der Waals surface area contributed by atoms with Gasteiger partial charge in [-0.3, -0.25) is 4.79 Å². The molecule has 0 heterocycles. The molecular weight excluding hydrogens is 256 g/mol. The van der Waals surface area contributed by atoms with Crippen molar-refractivity contribution < 1.29 is 4.79 Å². The molecule has 0 unspecified atom stereocenters. The summed E-state index contributed by atoms with van der Waals surface area (Å²) in [6.45, 7) is 6.02. The minimum absolute atomic E-state index is 0.110. The number of carbonyl (C=O) groups excluding carboxylic acids is 1. The summed E-state index contributed by atoms with van der Waals surface area (Å²) in [4.78, 5) is 12.3. The minimum atomic E-state index is 0.110. The molecule has 0 aliphatic heterocycles. The summed E-state index contributed by atoms with van der Waals surface area (Å²) in [5, 5.41) is 0.615. The van der Waals surface area contributed by atoms with E-state index >= 15 is 0 Å². The van der Waals surface area contributed by atoms with Crippen LogP contribution >= 0.6 is 11.6 Å². The van der Waals surface area contributed by atoms with Crippen LogP contribution < -0.4 is 0 Å². The van der Waals surface area contributed by atoms with Gasteiger partial charge in [0.25, 0.3) is 0 Å². The van der Waals surface area contributed by atoms with E-state index < -0.39 is 0 Å². The van der Waals surface area contributed by atoms with Crippen molar-refractivity contribution in [3.05, 3.63) is 69.2 Å². The van der Waals surface area contributed by atoms with Crippen LogP contribution in [0.4, 0.5) is 0 Å². The lowest BCUT2D eigenvalue weighted by atomic mass is 9.97. The van der Waals surface area contributed by atoms with Gasteiger partial charge in [-0.25, -0.2) is 0 Å². The zero-order valence-electron chi connectivity index (χ0n) is 11.5. The van der Waals surface area contributed by atoms with Gasteiger partial charge in [0.1, 0.15) is 0 Å². The van der Waals surface area contributed by atoms with Crippen LogP contribution in [0, 0.1) is 20.8 Å². The molecule has 2 rings (SSSR count). The Kier molecular flexibility index (Phi) is 4.06. The van der Waals surface area contributed by atoms with Crippen molar-refractivity contribution in [2.45, 2.75) is 27.2 Å². The van der Waals surface area contributed by atoms with E-state index in [2.05, 4.69) is 18.2 Å². The first-order valence-corrected chi connectivity index (χ1v) is 6.70. The van der Waals surface area contributed by atoms with Crippen molar-refractivity contribution >= 4 is 17.4 Å². The molecule has 0 N–H and O–H groups in total. The Hall–Kier alpha value is -1.60. The van der Waals surface area contributed by atoms with E-state index in [1.54, 1.807) is 6.07 Å². The zero-order chi connectivity index (χ0) is 14.0. The van der Waals surface area contributed by atoms with Gasteiger partial charge in [0.15, 0.2) is 5.78 Å². The maximum atomic E-state index is 12.3. The summed E-state index contributed by atoms with van der Waals surface area (Å²) >= 11 is 6.00. The molecule has 19 heavy (non-hydrogen) atoms. The Morgan fingerprint density at radius 1 is 1.00 bits per heavy atom. The highest BCUT2D eigenvalue weighted by Gasteiger charge is 2.10. The molecule has 0 saturated carbocycles. The first kappa shape index (κ1) is 13.8. The third-order valence-corrected chi connectivity index (χ3v) is 3.44. The summed E-state index contributed by atoms with van der Waals surface area (Å²) in [5.41, 5.74) is 5.11. The second kappa shape index (κ2) is 5.58. The van der Waals surface area contributed by atoms with Crippen molar-refractivity contribution in [3.63, 3.8) is 0 Å². The first-order chi connectivity index (χ1) is 8.95. The highest BCUT2D eigenvalue weighted by Crippen LogP contribution is 2.18. The monoisotopic (exact) mass is 272 g/mol. The van der Waals surface area contributed by atoms with Crippen LogP contribution in [-0.2, 0) is 6.42 Å². The molecule has 2 aromatic rings. The van der Waals surface area contributed by atoms with Crippen LogP contribution in [0.3, 0.4) is 0 Å². The number of carbonyl (C=O) groups is 1. The number of hydrogen-bond donors (Lipinski definition) is 0. The second-order valence-electron chi connectivity index (χ2n) is 5.05. The Morgan fingerprint density at radius 2 is 1.74 bits per heavy atom. The average molecular weight is 273 g/mol. The molecule has 0 atom stereocenters. The predicted octanol–water partition coefficient (Wildman–Crippen LogP) is 4.69. The van der Waals surface area contributed by atoms with Crippen LogP contribution in [0.5, 0.6) is 0 Å². The van der Waals surface area contributed by atoms with Gasteiger partial charge >= 0.3 is 0 Å². The number of halogens is 1. The van der Waals surface area contributed by atoms with Crippen LogP contribution in [0.1, 0.15) is 32.6 Å². The third kappa shape index (κ3) is 3.45. The quantitative estimate of drug-likeness (QED) is 0.741. The number of hydrogen-bond acceptors (Lipinski definition) is 1. The van der Waals surface area contributed by atoms with Gasteiger partial charge in [-0.05, 0) is 55.7 Å². The van der Waals surface area contributed by atoms with Gasteiger partial charge < -0.3 is 0 Å². The van der Waals surface area contributed by atoms with Gasteiger partial charge in [-0.2, -0.15) is 0 Å². The normalized spacial score (nSPS) is 10.5. The number of ketones is 1. The first-order valence-electron chi connectivity index (χ1n) is 6.32. The summed E-state index contributed by atoms with van der Waals surface area (Å²) in [5.74, 6) is 0.110. The predicted molar refractivity (Wildman–Crippen MR) is 80.1 cm³/mol. The molecule has 0 amide bonds. The van der Waals surface area contributed by atoms with Crippen molar-refractivity contribution in [2.24, 2.45) is 0 Å². The van der Waals surface area contributed by atoms with Crippen molar-refractivity contribution in [3.8, 4) is 0 Å². The van der Waals surface area contributed by atoms with E-state index in [4.69, 9.17) is 11.6 Å². The fourth-order valence-electron chi connectivity index (χ4n) is 2.16. The van der Waals surface area contributed by atoms with Gasteiger partial charge in [0, 0.05) is 17.0 Å². The number of Topliss-reactive ketones (excluding diaryl/α,β-unsaturated/α-hetero) is 1. The zero-order valence-corrected chi connectivity index (χ0v) is 12.2. The number of rotatable bonds is 3. The van der Waals surface area contributed by atoms with Crippen LogP contribution in [0.15, 0.2) is 36.4 Å². The Morgan fingerprint density at radius 3 is 2.42 bits per heavy atom. The molecule has 98 valence electrons. The third-order valence-electron chi connectivity index (χ3n) is 3.22. The van der Waals surface area contributed by atoms with E-state index in [-0.39, 0.29) is 5.78 Å². The molecular formula is C17H17ClO. The van der Waals surface area contributed by atoms with Gasteiger partial charge in [0.2, 0.25) is 0 Å². The molecule has 2 heteroatoms. The highest BCUT2D eigenvalue weighted by atomic mass is 35.5. The molecule has 0 radical (unpaired) electrons. The molecule has 0 aliphatic rings. The van der Waals surface area contributed by atoms with E-state index in [0.717, 1.165) is 16.7 Å². The molecule has 0 fully saturated rings. The molecule has 0 aromatic heterocycles. The fraction of sp³-hybridized carbons (Fsp3) is 0.235. The van der Waals surface area contributed by atoms with Crippen molar-refractivity contribution in [2.75, 3.05) is 0 Å². The Balaban J connectivity index is 2.28. The molecule has 0 bridgehead atoms. The Labute approximate surface area is 119 Å². The van der Waals surface area contributed by atoms with E-state index in [1.165, 1.54) is 5.56 Å². The molecule has 0 saturated heterocycles. The molecule has 0 spiro atoms. The molecule has 2 aromatic carbocycles. The molecule has 1 nitrogen and oxygen atoms in total. The summed E-state index contributed by atoms with van der Waals surface area (Å²) < 4.78 is 0. The maximum Gasteiger partial charge on any atom is 0.167 e. The smallest absolute Gasteiger partial charge is 0.167 e. The largest absolute Gasteiger partial charge is 0.294 e. The number of aryl methyl sites for hydroxylation is 3. The van der Waals surface area contributed by atoms with Gasteiger partial charge in [-0.1, -0.05) is 35.4 Å². The minimum Gasteiger partial charge on any atom is -0.294 e. The van der Waals surface area contributed by atoms with Crippen molar-refractivity contribution in [1.29, 1.82) is 0 Å². The standard InChI is InChI=1S/C17H17ClO/c1-11-4-5-13(3)14(6-11)10-17(19)15-7-12(2)8-16(18)9-15/h4-9H,10H2,1-3H3. The fourth-order valence-corrected chi connectivity index (χ4v) is 2.45. The van der Waals surface area contributed by atoms with Gasteiger partial charge in [-0.15, -0.1) is 0 Å². The van der Waals surface area contributed by atoms with E-state index in [9.17, 15) is 4.79 Å². The van der Waals surface area contributed by atoms with Crippen molar-refractivity contribution in [1.82, 2.24) is 0 Å². The maximum absolute atomic E-state index is 12.3. The molecule has 0 aliphatic carbocycles. The second-order valence-corrected chi connectivity index (χ2v) is 5.48. The van der Waals surface area contributed by atoms with Gasteiger partial charge in [0.05, 0.1) is 0 Å².